The van der Waals surface area contributed by atoms with Crippen molar-refractivity contribution in [3.8, 4) is 0 Å². The Kier molecular flexibility index (Phi) is 106. The molecule has 2 heteroatoms. The van der Waals surface area contributed by atoms with Gasteiger partial charge in [0.1, 0.15) is 0 Å². The van der Waals surface area contributed by atoms with Gasteiger partial charge in [0.15, 0.2) is 0 Å². The second-order valence-corrected chi connectivity index (χ2v) is 0.887. The summed E-state index contributed by atoms with van der Waals surface area (Å²) in [5, 5.41) is 7.84. The van der Waals surface area contributed by atoms with Crippen molar-refractivity contribution in [2.24, 2.45) is 0 Å². The number of carbonyl (C=O) groups is 1. The number of aliphatic carboxylic acids is 1. The molecule has 0 bridgehead atoms. The molecule has 70 valence electrons. The Balaban J connectivity index is -0.0000000453. The van der Waals surface area contributed by atoms with E-state index in [1.54, 1.807) is 0 Å². The summed E-state index contributed by atoms with van der Waals surface area (Å²) in [6.07, 6.45) is 1.41. The lowest BCUT2D eigenvalue weighted by molar-refractivity contribution is -0.135. The highest BCUT2D eigenvalue weighted by Crippen LogP contribution is 1.74. The van der Waals surface area contributed by atoms with Crippen molar-refractivity contribution in [1.29, 1.82) is 0 Å². The summed E-state index contributed by atoms with van der Waals surface area (Å²) in [4.78, 5) is 9.53. The molecule has 0 unspecified atom stereocenters. The quantitative estimate of drug-likeness (QED) is 0.647. The summed E-state index contributed by atoms with van der Waals surface area (Å²) in [5.74, 6) is -0.829. The van der Waals surface area contributed by atoms with E-state index in [1.165, 1.54) is 6.08 Å². The summed E-state index contributed by atoms with van der Waals surface area (Å²) in [6.45, 7) is 21.2. The van der Waals surface area contributed by atoms with Crippen molar-refractivity contribution in [3.63, 3.8) is 0 Å². The zero-order chi connectivity index (χ0) is 11.0. The maximum atomic E-state index is 9.53. The Morgan fingerprint density at radius 1 is 1.08 bits per heavy atom. The average molecular weight is 170 g/mol. The first kappa shape index (κ1) is 22.4. The summed E-state index contributed by atoms with van der Waals surface area (Å²) in [7, 11) is 0. The van der Waals surface area contributed by atoms with Crippen LogP contribution in [0.25, 0.3) is 0 Å². The van der Waals surface area contributed by atoms with Gasteiger partial charge in [-0.05, 0) is 0 Å². The number of rotatable bonds is 2. The number of hydrogen-bond donors (Lipinski definition) is 1. The van der Waals surface area contributed by atoms with Crippen LogP contribution >= 0.6 is 0 Å². The molecule has 0 saturated carbocycles. The van der Waals surface area contributed by atoms with Gasteiger partial charge >= 0.3 is 5.97 Å². The summed E-state index contributed by atoms with van der Waals surface area (Å²) < 4.78 is 0. The van der Waals surface area contributed by atoms with Crippen molar-refractivity contribution in [2.45, 2.75) is 6.42 Å². The fourth-order valence-corrected chi connectivity index (χ4v) is 0.123. The molecular weight excluding hydrogens is 152 g/mol. The van der Waals surface area contributed by atoms with E-state index >= 15 is 0 Å². The average Bonchev–Trinajstić information content (AvgIpc) is 2.14. The van der Waals surface area contributed by atoms with Gasteiger partial charge < -0.3 is 5.11 Å². The molecule has 0 aromatic carbocycles. The molecule has 0 aliphatic rings. The standard InChI is InChI=1S/C4H6O2.3C2H4/c1-2-3-4(5)6;3*1-2/h2H,1,3H2,(H,5,6);3*1-2H2. The Morgan fingerprint density at radius 2 is 1.33 bits per heavy atom. The maximum Gasteiger partial charge on any atom is 0.307 e. The Bertz CT molecular complexity index is 93.3. The lowest BCUT2D eigenvalue weighted by atomic mass is 10.4. The van der Waals surface area contributed by atoms with Gasteiger partial charge in [-0.25, -0.2) is 0 Å². The number of hydrogen-bond acceptors (Lipinski definition) is 1. The van der Waals surface area contributed by atoms with Crippen molar-refractivity contribution in [3.05, 3.63) is 52.1 Å². The zero-order valence-corrected chi connectivity index (χ0v) is 7.59. The van der Waals surface area contributed by atoms with E-state index < -0.39 is 5.97 Å². The molecule has 0 spiro atoms. The molecule has 0 atom stereocenters. The molecule has 0 aromatic heterocycles. The Labute approximate surface area is 75.2 Å². The topological polar surface area (TPSA) is 37.3 Å². The first-order valence-electron chi connectivity index (χ1n) is 3.10. The van der Waals surface area contributed by atoms with Crippen molar-refractivity contribution in [2.75, 3.05) is 0 Å². The van der Waals surface area contributed by atoms with E-state index in [-0.39, 0.29) is 6.42 Å². The largest absolute Gasteiger partial charge is 0.481 e. The maximum absolute atomic E-state index is 9.53. The zero-order valence-electron chi connectivity index (χ0n) is 7.59. The number of carboxylic acid groups (broad SMARTS) is 1. The first-order chi connectivity index (χ1) is 5.77. The monoisotopic (exact) mass is 170 g/mol. The van der Waals surface area contributed by atoms with Crippen LogP contribution in [0.3, 0.4) is 0 Å². The van der Waals surface area contributed by atoms with Gasteiger partial charge in [-0.15, -0.1) is 46.1 Å². The van der Waals surface area contributed by atoms with Crippen LogP contribution in [-0.2, 0) is 4.79 Å². The van der Waals surface area contributed by atoms with Gasteiger partial charge in [0.2, 0.25) is 0 Å². The molecular formula is C10H18O2. The SMILES string of the molecule is C=C.C=C.C=C.C=CCC(=O)O. The summed E-state index contributed by atoms with van der Waals surface area (Å²) >= 11 is 0. The van der Waals surface area contributed by atoms with Crippen LogP contribution < -0.4 is 0 Å². The highest BCUT2D eigenvalue weighted by molar-refractivity contribution is 5.68. The Hall–Kier alpha value is -1.57. The van der Waals surface area contributed by atoms with Crippen LogP contribution in [0.2, 0.25) is 0 Å². The van der Waals surface area contributed by atoms with Crippen LogP contribution in [0, 0.1) is 0 Å². The van der Waals surface area contributed by atoms with Gasteiger partial charge in [-0.3, -0.25) is 4.79 Å². The van der Waals surface area contributed by atoms with Gasteiger partial charge in [-0.2, -0.15) is 0 Å². The second kappa shape index (κ2) is 57.0. The fourth-order valence-electron chi connectivity index (χ4n) is 0.123. The van der Waals surface area contributed by atoms with E-state index in [4.69, 9.17) is 5.11 Å². The van der Waals surface area contributed by atoms with Gasteiger partial charge in [0, 0.05) is 0 Å². The third-order valence-electron chi connectivity index (χ3n) is 0.319. The van der Waals surface area contributed by atoms with Crippen LogP contribution in [-0.4, -0.2) is 11.1 Å². The molecule has 0 rings (SSSR count). The first-order valence-corrected chi connectivity index (χ1v) is 3.10. The minimum absolute atomic E-state index is 0.0556. The predicted octanol–water partition coefficient (Wildman–Crippen LogP) is 3.05. The summed E-state index contributed by atoms with van der Waals surface area (Å²) in [6, 6.07) is 0. The Morgan fingerprint density at radius 3 is 1.33 bits per heavy atom. The van der Waals surface area contributed by atoms with Crippen LogP contribution in [0.4, 0.5) is 0 Å². The van der Waals surface area contributed by atoms with Crippen molar-refractivity contribution >= 4 is 5.97 Å². The molecule has 0 fully saturated rings. The highest BCUT2D eigenvalue weighted by Gasteiger charge is 1.84. The highest BCUT2D eigenvalue weighted by atomic mass is 16.4. The lowest BCUT2D eigenvalue weighted by Gasteiger charge is -1.75. The van der Waals surface area contributed by atoms with Crippen molar-refractivity contribution < 1.29 is 9.90 Å². The van der Waals surface area contributed by atoms with Gasteiger partial charge in [-0.1, -0.05) is 6.08 Å². The molecule has 2 nitrogen and oxygen atoms in total. The van der Waals surface area contributed by atoms with Crippen LogP contribution in [0.1, 0.15) is 6.42 Å². The van der Waals surface area contributed by atoms with E-state index in [2.05, 4.69) is 46.1 Å². The van der Waals surface area contributed by atoms with Crippen LogP contribution in [0.15, 0.2) is 52.1 Å². The van der Waals surface area contributed by atoms with Crippen LogP contribution in [0.5, 0.6) is 0 Å². The molecule has 1 N–H and O–H groups in total. The minimum atomic E-state index is -0.829. The minimum Gasteiger partial charge on any atom is -0.481 e. The van der Waals surface area contributed by atoms with Crippen molar-refractivity contribution in [1.82, 2.24) is 0 Å². The molecule has 0 aromatic rings. The third-order valence-corrected chi connectivity index (χ3v) is 0.319. The molecule has 12 heavy (non-hydrogen) atoms. The third kappa shape index (κ3) is 228. The van der Waals surface area contributed by atoms with E-state index in [0.29, 0.717) is 0 Å². The fraction of sp³-hybridized carbons (Fsp3) is 0.100. The molecule has 0 heterocycles. The molecule has 0 aliphatic carbocycles. The van der Waals surface area contributed by atoms with Gasteiger partial charge in [0.25, 0.3) is 0 Å². The van der Waals surface area contributed by atoms with Gasteiger partial charge in [0.05, 0.1) is 6.42 Å². The second-order valence-electron chi connectivity index (χ2n) is 0.887. The van der Waals surface area contributed by atoms with E-state index in [1.807, 2.05) is 0 Å². The van der Waals surface area contributed by atoms with E-state index in [9.17, 15) is 4.79 Å². The molecule has 0 radical (unpaired) electrons. The molecule has 0 amide bonds. The lowest BCUT2D eigenvalue weighted by Crippen LogP contribution is -1.88. The predicted molar refractivity (Wildman–Crippen MR) is 56.2 cm³/mol. The number of carboxylic acids is 1. The smallest absolute Gasteiger partial charge is 0.307 e. The normalized spacial score (nSPS) is 4.67. The molecule has 0 saturated heterocycles. The summed E-state index contributed by atoms with van der Waals surface area (Å²) in [5.41, 5.74) is 0. The van der Waals surface area contributed by atoms with E-state index in [0.717, 1.165) is 0 Å². The molecule has 0 aliphatic heterocycles.